The summed E-state index contributed by atoms with van der Waals surface area (Å²) in [5.41, 5.74) is 0.746. The second-order valence-corrected chi connectivity index (χ2v) is 7.56. The number of benzene rings is 1. The molecule has 0 aliphatic carbocycles. The minimum Gasteiger partial charge on any atom is -0.441 e. The SMILES string of the molecule is O=C(CCc1ncc(-c2ccc(Cl)cc2Cl)o1)N1C[C@H]2CNC[C@H]2C1. The molecule has 0 saturated carbocycles. The van der Waals surface area contributed by atoms with Gasteiger partial charge >= 0.3 is 0 Å². The van der Waals surface area contributed by atoms with Gasteiger partial charge in [0.05, 0.1) is 11.2 Å². The van der Waals surface area contributed by atoms with Crippen molar-refractivity contribution < 1.29 is 9.21 Å². The molecular weight excluding hydrogens is 361 g/mol. The molecule has 1 amide bonds. The molecule has 2 aromatic rings. The molecule has 1 N–H and O–H groups in total. The van der Waals surface area contributed by atoms with Gasteiger partial charge in [0.1, 0.15) is 0 Å². The lowest BCUT2D eigenvalue weighted by Gasteiger charge is -2.16. The van der Waals surface area contributed by atoms with Gasteiger partial charge in [-0.25, -0.2) is 4.98 Å². The van der Waals surface area contributed by atoms with Crippen LogP contribution in [-0.4, -0.2) is 42.0 Å². The van der Waals surface area contributed by atoms with E-state index in [0.29, 0.717) is 46.4 Å². The molecule has 2 aliphatic heterocycles. The number of fused-ring (bicyclic) bond motifs is 1. The third-order valence-corrected chi connectivity index (χ3v) is 5.59. The van der Waals surface area contributed by atoms with E-state index in [9.17, 15) is 4.79 Å². The topological polar surface area (TPSA) is 58.4 Å². The average Bonchev–Trinajstić information content (AvgIpc) is 3.28. The Balaban J connectivity index is 1.36. The van der Waals surface area contributed by atoms with Crippen molar-refractivity contribution in [1.82, 2.24) is 15.2 Å². The van der Waals surface area contributed by atoms with E-state index in [4.69, 9.17) is 27.6 Å². The summed E-state index contributed by atoms with van der Waals surface area (Å²) in [6, 6.07) is 5.23. The lowest BCUT2D eigenvalue weighted by Crippen LogP contribution is -2.32. The molecule has 0 bridgehead atoms. The maximum atomic E-state index is 12.4. The Labute approximate surface area is 156 Å². The minimum atomic E-state index is 0.179. The van der Waals surface area contributed by atoms with E-state index in [1.54, 1.807) is 24.4 Å². The third-order valence-electron chi connectivity index (χ3n) is 5.05. The second kappa shape index (κ2) is 6.98. The van der Waals surface area contributed by atoms with Crippen LogP contribution >= 0.6 is 23.2 Å². The fraction of sp³-hybridized carbons (Fsp3) is 0.444. The smallest absolute Gasteiger partial charge is 0.223 e. The van der Waals surface area contributed by atoms with E-state index < -0.39 is 0 Å². The van der Waals surface area contributed by atoms with Gasteiger partial charge in [0.15, 0.2) is 11.7 Å². The van der Waals surface area contributed by atoms with E-state index in [1.807, 2.05) is 4.90 Å². The van der Waals surface area contributed by atoms with Crippen molar-refractivity contribution in [2.75, 3.05) is 26.2 Å². The number of halogens is 2. The zero-order valence-electron chi connectivity index (χ0n) is 13.7. The van der Waals surface area contributed by atoms with E-state index in [0.717, 1.165) is 31.7 Å². The molecule has 0 spiro atoms. The molecule has 132 valence electrons. The van der Waals surface area contributed by atoms with Gasteiger partial charge in [-0.05, 0) is 30.0 Å². The Hall–Kier alpha value is -1.56. The van der Waals surface area contributed by atoms with Crippen LogP contribution in [0.25, 0.3) is 11.3 Å². The van der Waals surface area contributed by atoms with Crippen LogP contribution in [0, 0.1) is 11.8 Å². The van der Waals surface area contributed by atoms with Crippen LogP contribution in [0.2, 0.25) is 10.0 Å². The minimum absolute atomic E-state index is 0.179. The Morgan fingerprint density at radius 1 is 1.28 bits per heavy atom. The highest BCUT2D eigenvalue weighted by atomic mass is 35.5. The Morgan fingerprint density at radius 3 is 2.76 bits per heavy atom. The summed E-state index contributed by atoms with van der Waals surface area (Å²) >= 11 is 12.1. The molecule has 1 aromatic carbocycles. The first-order chi connectivity index (χ1) is 12.1. The first kappa shape index (κ1) is 16.9. The lowest BCUT2D eigenvalue weighted by molar-refractivity contribution is -0.130. The molecule has 1 aromatic heterocycles. The summed E-state index contributed by atoms with van der Waals surface area (Å²) < 4.78 is 5.76. The number of hydrogen-bond acceptors (Lipinski definition) is 4. The molecule has 3 heterocycles. The third kappa shape index (κ3) is 3.54. The molecule has 0 radical (unpaired) electrons. The van der Waals surface area contributed by atoms with Crippen molar-refractivity contribution >= 4 is 29.1 Å². The standard InChI is InChI=1S/C18H19Cl2N3O2/c19-13-1-2-14(15(20)5-13)16-8-22-17(25-16)3-4-18(24)23-9-11-6-21-7-12(11)10-23/h1-2,5,8,11-12,21H,3-4,6-7,9-10H2/t11-,12+. The largest absolute Gasteiger partial charge is 0.441 e. The molecule has 5 nitrogen and oxygen atoms in total. The summed E-state index contributed by atoms with van der Waals surface area (Å²) in [6.45, 7) is 3.79. The number of nitrogens with one attached hydrogen (secondary N) is 1. The molecule has 2 aliphatic rings. The number of amides is 1. The highest BCUT2D eigenvalue weighted by molar-refractivity contribution is 6.36. The summed E-state index contributed by atoms with van der Waals surface area (Å²) in [4.78, 5) is 18.7. The predicted octanol–water partition coefficient (Wildman–Crippen LogP) is 3.26. The highest BCUT2D eigenvalue weighted by Gasteiger charge is 2.37. The normalized spacial score (nSPS) is 22.4. The number of carbonyl (C=O) groups excluding carboxylic acids is 1. The van der Waals surface area contributed by atoms with Gasteiger partial charge in [-0.15, -0.1) is 0 Å². The first-order valence-corrected chi connectivity index (χ1v) is 9.24. The summed E-state index contributed by atoms with van der Waals surface area (Å²) in [7, 11) is 0. The van der Waals surface area contributed by atoms with Crippen LogP contribution < -0.4 is 5.32 Å². The van der Waals surface area contributed by atoms with Gasteiger partial charge < -0.3 is 14.6 Å². The Kier molecular flexibility index (Phi) is 4.71. The molecule has 4 rings (SSSR count). The van der Waals surface area contributed by atoms with Gasteiger partial charge in [0.25, 0.3) is 0 Å². The summed E-state index contributed by atoms with van der Waals surface area (Å²) in [6.07, 6.45) is 2.55. The predicted molar refractivity (Wildman–Crippen MR) is 96.7 cm³/mol. The fourth-order valence-corrected chi connectivity index (χ4v) is 4.17. The zero-order valence-corrected chi connectivity index (χ0v) is 15.2. The van der Waals surface area contributed by atoms with Crippen LogP contribution in [0.15, 0.2) is 28.8 Å². The van der Waals surface area contributed by atoms with Gasteiger partial charge in [-0.1, -0.05) is 23.2 Å². The molecule has 2 atom stereocenters. The highest BCUT2D eigenvalue weighted by Crippen LogP contribution is 2.31. The van der Waals surface area contributed by atoms with Crippen LogP contribution in [0.4, 0.5) is 0 Å². The van der Waals surface area contributed by atoms with Crippen LogP contribution in [0.1, 0.15) is 12.3 Å². The van der Waals surface area contributed by atoms with E-state index in [-0.39, 0.29) is 5.91 Å². The summed E-state index contributed by atoms with van der Waals surface area (Å²) in [5, 5.41) is 4.48. The van der Waals surface area contributed by atoms with Crippen LogP contribution in [0.5, 0.6) is 0 Å². The fourth-order valence-electron chi connectivity index (χ4n) is 3.67. The van der Waals surface area contributed by atoms with Crippen molar-refractivity contribution in [1.29, 1.82) is 0 Å². The van der Waals surface area contributed by atoms with E-state index >= 15 is 0 Å². The van der Waals surface area contributed by atoms with Crippen molar-refractivity contribution in [3.8, 4) is 11.3 Å². The lowest BCUT2D eigenvalue weighted by atomic mass is 10.0. The summed E-state index contributed by atoms with van der Waals surface area (Å²) in [5.74, 6) is 2.55. The molecule has 7 heteroatoms. The molecule has 25 heavy (non-hydrogen) atoms. The monoisotopic (exact) mass is 379 g/mol. The maximum absolute atomic E-state index is 12.4. The quantitative estimate of drug-likeness (QED) is 0.885. The number of likely N-dealkylation sites (tertiary alicyclic amines) is 1. The maximum Gasteiger partial charge on any atom is 0.223 e. The molecule has 2 saturated heterocycles. The van der Waals surface area contributed by atoms with Gasteiger partial charge in [-0.2, -0.15) is 0 Å². The zero-order chi connectivity index (χ0) is 17.4. The van der Waals surface area contributed by atoms with Crippen molar-refractivity contribution in [3.63, 3.8) is 0 Å². The molecule has 0 unspecified atom stereocenters. The van der Waals surface area contributed by atoms with E-state index in [2.05, 4.69) is 10.3 Å². The molecule has 2 fully saturated rings. The number of oxazole rings is 1. The van der Waals surface area contributed by atoms with Crippen LogP contribution in [0.3, 0.4) is 0 Å². The number of rotatable bonds is 4. The first-order valence-electron chi connectivity index (χ1n) is 8.49. The number of aryl methyl sites for hydroxylation is 1. The van der Waals surface area contributed by atoms with Gasteiger partial charge in [-0.3, -0.25) is 4.79 Å². The van der Waals surface area contributed by atoms with Crippen molar-refractivity contribution in [2.24, 2.45) is 11.8 Å². The number of carbonyl (C=O) groups is 1. The average molecular weight is 380 g/mol. The van der Waals surface area contributed by atoms with E-state index in [1.165, 1.54) is 0 Å². The molecular formula is C18H19Cl2N3O2. The van der Waals surface area contributed by atoms with Crippen molar-refractivity contribution in [3.05, 3.63) is 40.3 Å². The van der Waals surface area contributed by atoms with Gasteiger partial charge in [0, 0.05) is 49.6 Å². The van der Waals surface area contributed by atoms with Crippen molar-refractivity contribution in [2.45, 2.75) is 12.8 Å². The second-order valence-electron chi connectivity index (χ2n) is 6.72. The number of hydrogen-bond donors (Lipinski definition) is 1. The Morgan fingerprint density at radius 2 is 2.04 bits per heavy atom. The number of nitrogens with zero attached hydrogens (tertiary/aromatic N) is 2. The van der Waals surface area contributed by atoms with Crippen LogP contribution in [-0.2, 0) is 11.2 Å². The van der Waals surface area contributed by atoms with Gasteiger partial charge in [0.2, 0.25) is 5.91 Å². The number of aromatic nitrogens is 1. The Bertz CT molecular complexity index is 780.